The predicted octanol–water partition coefficient (Wildman–Crippen LogP) is 3.09. The topological polar surface area (TPSA) is 126 Å². The number of halogens is 2. The quantitative estimate of drug-likeness (QED) is 0.236. The first-order valence-electron chi connectivity index (χ1n) is 14.8. The van der Waals surface area contributed by atoms with Gasteiger partial charge in [-0.1, -0.05) is 31.7 Å². The minimum atomic E-state index is -3.96. The Bertz CT molecular complexity index is 2050. The lowest BCUT2D eigenvalue weighted by atomic mass is 10.1. The molecule has 1 saturated heterocycles. The summed E-state index contributed by atoms with van der Waals surface area (Å²) < 4.78 is 59.4. The third-order valence-corrected chi connectivity index (χ3v) is 11.3. The monoisotopic (exact) mass is 667 g/mol. The number of hydrogen-bond acceptors (Lipinski definition) is 8. The van der Waals surface area contributed by atoms with E-state index >= 15 is 8.78 Å². The van der Waals surface area contributed by atoms with Crippen molar-refractivity contribution in [2.24, 2.45) is 0 Å². The van der Waals surface area contributed by atoms with E-state index in [1.165, 1.54) is 38.1 Å². The van der Waals surface area contributed by atoms with Crippen LogP contribution < -0.4 is 10.6 Å². The van der Waals surface area contributed by atoms with Crippen LogP contribution in [-0.4, -0.2) is 79.2 Å². The van der Waals surface area contributed by atoms with Crippen LogP contribution in [0.4, 0.5) is 14.6 Å². The molecule has 14 heteroatoms. The summed E-state index contributed by atoms with van der Waals surface area (Å²) >= 11 is 0. The number of pyridine rings is 1. The molecule has 1 aliphatic heterocycles. The molecule has 46 heavy (non-hydrogen) atoms. The van der Waals surface area contributed by atoms with Crippen molar-refractivity contribution in [2.75, 3.05) is 24.5 Å². The molecule has 1 N–H and O–H groups in total. The maximum atomic E-state index is 16.0. The average Bonchev–Trinajstić information content (AvgIpc) is 3.00. The summed E-state index contributed by atoms with van der Waals surface area (Å²) in [7, 11) is -3.47. The lowest BCUT2D eigenvalue weighted by molar-refractivity contribution is -0.127. The van der Waals surface area contributed by atoms with Gasteiger partial charge in [0.15, 0.2) is 21.3 Å². The zero-order valence-electron chi connectivity index (χ0n) is 26.2. The molecule has 10 nitrogen and oxygen atoms in total. The minimum Gasteiger partial charge on any atom is -0.507 e. The summed E-state index contributed by atoms with van der Waals surface area (Å²) in [5, 5.41) is 9.11. The van der Waals surface area contributed by atoms with Crippen LogP contribution in [0.1, 0.15) is 33.3 Å². The first kappa shape index (κ1) is 32.9. The van der Waals surface area contributed by atoms with Crippen LogP contribution in [0.5, 0.6) is 5.75 Å². The Morgan fingerprint density at radius 1 is 1.15 bits per heavy atom. The average molecular weight is 668 g/mol. The molecule has 1 fully saturated rings. The van der Waals surface area contributed by atoms with Crippen molar-refractivity contribution in [3.05, 3.63) is 82.8 Å². The van der Waals surface area contributed by atoms with Gasteiger partial charge in [-0.2, -0.15) is 4.98 Å². The van der Waals surface area contributed by atoms with E-state index in [9.17, 15) is 23.1 Å². The number of rotatable bonds is 7. The lowest BCUT2D eigenvalue weighted by Gasteiger charge is -2.48. The highest BCUT2D eigenvalue weighted by Gasteiger charge is 2.38. The van der Waals surface area contributed by atoms with Crippen molar-refractivity contribution >= 4 is 42.8 Å². The number of para-hydroxylation sites is 1. The molecule has 0 spiro atoms. The molecule has 3 heterocycles. The van der Waals surface area contributed by atoms with Crippen molar-refractivity contribution in [3.63, 3.8) is 0 Å². The molecular weight excluding hydrogens is 633 g/mol. The molecule has 242 valence electrons. The largest absolute Gasteiger partial charge is 0.507 e. The maximum absolute atomic E-state index is 16.0. The van der Waals surface area contributed by atoms with Crippen LogP contribution in [0.25, 0.3) is 28.0 Å². The number of phenolic OH excluding ortho intramolecular Hbond substituents is 1. The van der Waals surface area contributed by atoms with E-state index in [-0.39, 0.29) is 46.4 Å². The first-order valence-corrected chi connectivity index (χ1v) is 17.3. The summed E-state index contributed by atoms with van der Waals surface area (Å²) in [6.45, 7) is 11.1. The second-order valence-corrected chi connectivity index (χ2v) is 16.6. The Hall–Kier alpha value is -4.43. The number of anilines is 1. The van der Waals surface area contributed by atoms with Crippen LogP contribution in [0.3, 0.4) is 0 Å². The Labute approximate surface area is 268 Å². The molecule has 0 unspecified atom stereocenters. The molecule has 0 radical (unpaired) electrons. The van der Waals surface area contributed by atoms with Crippen molar-refractivity contribution in [3.8, 4) is 22.7 Å². The molecule has 2 aromatic carbocycles. The highest BCUT2D eigenvalue weighted by atomic mass is 32.2. The van der Waals surface area contributed by atoms with E-state index in [2.05, 4.69) is 16.5 Å². The minimum absolute atomic E-state index is 0.0191. The second kappa shape index (κ2) is 12.1. The van der Waals surface area contributed by atoms with Crippen LogP contribution in [-0.2, 0) is 21.1 Å². The number of fused-ring (bicyclic) bond motifs is 1. The van der Waals surface area contributed by atoms with Crippen molar-refractivity contribution in [2.45, 2.75) is 49.4 Å². The molecule has 1 atom stereocenters. The van der Waals surface area contributed by atoms with Gasteiger partial charge in [0.05, 0.1) is 26.8 Å². The Morgan fingerprint density at radius 3 is 2.46 bits per heavy atom. The molecular formula is C32H35F2N5O5SSi. The number of phenols is 1. The van der Waals surface area contributed by atoms with Gasteiger partial charge < -0.3 is 14.9 Å². The zero-order valence-corrected chi connectivity index (χ0v) is 29.0. The zero-order chi connectivity index (χ0) is 33.7. The van der Waals surface area contributed by atoms with Gasteiger partial charge in [0.2, 0.25) is 5.91 Å². The molecule has 0 aliphatic carbocycles. The summed E-state index contributed by atoms with van der Waals surface area (Å²) in [6, 6.07) is 9.22. The van der Waals surface area contributed by atoms with E-state index < -0.39 is 54.6 Å². The first-order chi connectivity index (χ1) is 21.6. The van der Waals surface area contributed by atoms with E-state index in [0.29, 0.717) is 28.8 Å². The Balaban J connectivity index is 1.92. The fraction of sp³-hybridized carbons (Fsp3) is 0.312. The van der Waals surface area contributed by atoms with Crippen LogP contribution >= 0.6 is 0 Å². The Kier molecular flexibility index (Phi) is 8.64. The van der Waals surface area contributed by atoms with Crippen LogP contribution in [0.2, 0.25) is 0 Å². The van der Waals surface area contributed by atoms with Gasteiger partial charge in [0, 0.05) is 35.0 Å². The normalized spacial score (nSPS) is 17.2. The number of carbonyl (C=O) groups excluding carboxylic acids is 1. The number of aromatic hydroxyl groups is 1. The molecule has 0 bridgehead atoms. The van der Waals surface area contributed by atoms with E-state index in [4.69, 9.17) is 0 Å². The van der Waals surface area contributed by atoms with Crippen molar-refractivity contribution in [1.29, 1.82) is 0 Å². The third kappa shape index (κ3) is 5.49. The second-order valence-electron chi connectivity index (χ2n) is 12.0. The van der Waals surface area contributed by atoms with Gasteiger partial charge in [-0.25, -0.2) is 31.5 Å². The summed E-state index contributed by atoms with van der Waals surface area (Å²) in [4.78, 5) is 38.9. The number of carbonyl (C=O) groups is 1. The SMILES string of the molecule is C=CC(=O)N1CCN(c2nc(=O)n(-c3c(CC)cccc3S(=O)(=O)C(C)C)c3nc(-c4c(O)cccc4F)c(F)cc23)[C@@](C)([SiH3])C1. The number of hydrogen-bond donors (Lipinski definition) is 1. The van der Waals surface area contributed by atoms with E-state index in [1.54, 1.807) is 24.0 Å². The van der Waals surface area contributed by atoms with Gasteiger partial charge >= 0.3 is 5.69 Å². The maximum Gasteiger partial charge on any atom is 0.355 e. The van der Waals surface area contributed by atoms with Gasteiger partial charge in [0.25, 0.3) is 0 Å². The molecule has 2 aromatic heterocycles. The number of nitrogens with zero attached hydrogens (tertiary/aromatic N) is 5. The van der Waals surface area contributed by atoms with Gasteiger partial charge in [0.1, 0.15) is 23.1 Å². The molecule has 5 rings (SSSR count). The van der Waals surface area contributed by atoms with Gasteiger partial charge in [-0.3, -0.25) is 4.79 Å². The summed E-state index contributed by atoms with van der Waals surface area (Å²) in [5.41, 5.74) is -1.62. The standard InChI is InChI=1S/C32H35F2N5O5SSi/c1-6-19-10-8-13-24(45(43,44)18(3)4)28(19)39-30-20(16-22(34)27(35-30)26-21(33)11-9-12-23(26)40)29(36-31(39)42)38-15-14-37(25(41)7-2)17-32(38,5)46/h7-13,16,18,40H,2,6,14-15,17H2,1,3-5,46H3/t32-/m0/s1. The summed E-state index contributed by atoms with van der Waals surface area (Å²) in [5.74, 6) is -2.65. The number of amides is 1. The predicted molar refractivity (Wildman–Crippen MR) is 176 cm³/mol. The molecule has 4 aromatic rings. The number of aryl methyl sites for hydroxylation is 1. The fourth-order valence-electron chi connectivity index (χ4n) is 5.89. The fourth-order valence-corrected chi connectivity index (χ4v) is 7.98. The highest BCUT2D eigenvalue weighted by molar-refractivity contribution is 7.92. The molecule has 1 aliphatic rings. The third-order valence-electron chi connectivity index (χ3n) is 8.29. The van der Waals surface area contributed by atoms with E-state index in [1.807, 2.05) is 11.8 Å². The number of aromatic nitrogens is 3. The lowest BCUT2D eigenvalue weighted by Crippen LogP contribution is -2.63. The van der Waals surface area contributed by atoms with Crippen molar-refractivity contribution in [1.82, 2.24) is 19.4 Å². The highest BCUT2D eigenvalue weighted by Crippen LogP contribution is 2.38. The molecule has 1 amide bonds. The van der Waals surface area contributed by atoms with Crippen LogP contribution in [0.15, 0.2) is 64.8 Å². The van der Waals surface area contributed by atoms with Crippen LogP contribution in [0, 0.1) is 11.6 Å². The van der Waals surface area contributed by atoms with Gasteiger partial charge in [-0.15, -0.1) is 0 Å². The van der Waals surface area contributed by atoms with Gasteiger partial charge in [-0.05, 0) is 63.1 Å². The number of benzene rings is 2. The number of sulfone groups is 1. The van der Waals surface area contributed by atoms with Crippen molar-refractivity contribution < 1.29 is 27.1 Å². The summed E-state index contributed by atoms with van der Waals surface area (Å²) in [6.07, 6.45) is 1.56. The Morgan fingerprint density at radius 2 is 1.85 bits per heavy atom. The van der Waals surface area contributed by atoms with E-state index in [0.717, 1.165) is 16.7 Å². The smallest absolute Gasteiger partial charge is 0.355 e. The molecule has 0 saturated carbocycles. The number of piperazine rings is 1.